The predicted octanol–water partition coefficient (Wildman–Crippen LogP) is 2.52. The van der Waals surface area contributed by atoms with Crippen LogP contribution in [0.3, 0.4) is 0 Å². The molecule has 1 aromatic carbocycles. The number of halogens is 2. The molecule has 118 valence electrons. The summed E-state index contributed by atoms with van der Waals surface area (Å²) >= 11 is -1.75. The first-order valence-corrected chi connectivity index (χ1v) is 7.50. The summed E-state index contributed by atoms with van der Waals surface area (Å²) in [5.74, 6) is -2.05. The van der Waals surface area contributed by atoms with Gasteiger partial charge in [0, 0.05) is 16.9 Å². The minimum atomic E-state index is -1.87. The smallest absolute Gasteiger partial charge is 0.305 e. The topological polar surface area (TPSA) is 72.4 Å². The molecule has 1 aromatic rings. The molecular weight excluding hydrogens is 300 g/mol. The van der Waals surface area contributed by atoms with E-state index in [1.165, 1.54) is 18.2 Å². The summed E-state index contributed by atoms with van der Waals surface area (Å²) in [5, 5.41) is 9.02. The Bertz CT molecular complexity index is 507. The molecule has 0 bridgehead atoms. The Morgan fingerprint density at radius 3 is 2.38 bits per heavy atom. The van der Waals surface area contributed by atoms with Crippen LogP contribution < -0.4 is 4.72 Å². The van der Waals surface area contributed by atoms with Crippen molar-refractivity contribution in [2.24, 2.45) is 0 Å². The van der Waals surface area contributed by atoms with E-state index in [9.17, 15) is 18.1 Å². The molecule has 0 amide bonds. The molecule has 7 heteroatoms. The molecule has 4 nitrogen and oxygen atoms in total. The summed E-state index contributed by atoms with van der Waals surface area (Å²) in [7, 11) is 0. The van der Waals surface area contributed by atoms with Crippen LogP contribution in [-0.2, 0) is 21.7 Å². The van der Waals surface area contributed by atoms with Gasteiger partial charge in [0.15, 0.2) is 0 Å². The maximum absolute atomic E-state index is 14.0. The second-order valence-electron chi connectivity index (χ2n) is 5.75. The third-order valence-electron chi connectivity index (χ3n) is 2.91. The highest BCUT2D eigenvalue weighted by Crippen LogP contribution is 2.31. The Balaban J connectivity index is 3.29. The van der Waals surface area contributed by atoms with Crippen LogP contribution >= 0.6 is 0 Å². The van der Waals surface area contributed by atoms with Crippen molar-refractivity contribution in [2.45, 2.75) is 37.5 Å². The number of nitrogens with one attached hydrogen (secondary N) is 1. The normalized spacial score (nSPS) is 16.3. The first kappa shape index (κ1) is 17.9. The first-order chi connectivity index (χ1) is 9.62. The van der Waals surface area contributed by atoms with E-state index in [1.54, 1.807) is 20.8 Å². The summed E-state index contributed by atoms with van der Waals surface area (Å²) in [4.78, 5) is 11.1. The molecule has 0 saturated heterocycles. The molecule has 0 aliphatic heterocycles. The van der Waals surface area contributed by atoms with Crippen LogP contribution in [-0.4, -0.2) is 27.1 Å². The standard InChI is InChI=1S/C14H19F2NO3S/c1-13(2,3)21(20)17-14(9-15,8-12(18)19)10-6-4-5-7-11(10)16/h4-7,17H,8-9H2,1-3H3,(H,18,19)/t14?,21-/m1/s1. The summed E-state index contributed by atoms with van der Waals surface area (Å²) in [6, 6.07) is 5.31. The van der Waals surface area contributed by atoms with Crippen molar-refractivity contribution in [3.8, 4) is 0 Å². The maximum Gasteiger partial charge on any atom is 0.305 e. The molecule has 0 aliphatic rings. The number of hydrogen-bond donors (Lipinski definition) is 2. The van der Waals surface area contributed by atoms with Gasteiger partial charge in [-0.3, -0.25) is 4.79 Å². The van der Waals surface area contributed by atoms with Crippen LogP contribution in [0, 0.1) is 5.82 Å². The SMILES string of the molecule is CC(C)(C)[S@@+]([O-])NC(CF)(CC(=O)O)c1ccccc1F. The molecule has 21 heavy (non-hydrogen) atoms. The van der Waals surface area contributed by atoms with Gasteiger partial charge in [0.1, 0.15) is 22.8 Å². The molecular formula is C14H19F2NO3S. The molecule has 2 atom stereocenters. The fourth-order valence-electron chi connectivity index (χ4n) is 1.77. The number of carboxylic acid groups (broad SMARTS) is 1. The van der Waals surface area contributed by atoms with Gasteiger partial charge in [0.25, 0.3) is 0 Å². The zero-order valence-electron chi connectivity index (χ0n) is 12.2. The molecule has 2 N–H and O–H groups in total. The number of carboxylic acids is 1. The first-order valence-electron chi connectivity index (χ1n) is 6.35. The number of aliphatic carboxylic acids is 1. The lowest BCUT2D eigenvalue weighted by Gasteiger charge is -2.35. The summed E-state index contributed by atoms with van der Waals surface area (Å²) in [6.07, 6.45) is -0.716. The Labute approximate surface area is 125 Å². The Hall–Kier alpha value is -1.18. The van der Waals surface area contributed by atoms with Crippen molar-refractivity contribution >= 4 is 17.3 Å². The van der Waals surface area contributed by atoms with E-state index in [2.05, 4.69) is 4.72 Å². The van der Waals surface area contributed by atoms with E-state index >= 15 is 0 Å². The quantitative estimate of drug-likeness (QED) is 0.790. The van der Waals surface area contributed by atoms with Crippen LogP contribution in [0.5, 0.6) is 0 Å². The molecule has 0 heterocycles. The number of carbonyl (C=O) groups is 1. The summed E-state index contributed by atoms with van der Waals surface area (Å²) in [6.45, 7) is 3.77. The molecule has 1 unspecified atom stereocenters. The van der Waals surface area contributed by atoms with Crippen LogP contribution in [0.25, 0.3) is 0 Å². The van der Waals surface area contributed by atoms with Gasteiger partial charge >= 0.3 is 5.97 Å². The Kier molecular flexibility index (Phi) is 5.72. The zero-order valence-corrected chi connectivity index (χ0v) is 13.0. The number of hydrogen-bond acceptors (Lipinski definition) is 3. The molecule has 0 saturated carbocycles. The van der Waals surface area contributed by atoms with Crippen LogP contribution in [0.2, 0.25) is 0 Å². The van der Waals surface area contributed by atoms with E-state index in [0.29, 0.717) is 0 Å². The fraction of sp³-hybridized carbons (Fsp3) is 0.500. The average Bonchev–Trinajstić information content (AvgIpc) is 2.36. The molecule has 0 aromatic heterocycles. The largest absolute Gasteiger partial charge is 0.598 e. The van der Waals surface area contributed by atoms with E-state index in [1.807, 2.05) is 0 Å². The fourth-order valence-corrected chi connectivity index (χ4v) is 2.67. The monoisotopic (exact) mass is 319 g/mol. The van der Waals surface area contributed by atoms with Gasteiger partial charge in [0.05, 0.1) is 6.42 Å². The molecule has 0 spiro atoms. The lowest BCUT2D eigenvalue weighted by Crippen LogP contribution is -2.54. The van der Waals surface area contributed by atoms with E-state index < -0.39 is 46.5 Å². The number of rotatable bonds is 6. The highest BCUT2D eigenvalue weighted by Gasteiger charge is 2.44. The van der Waals surface area contributed by atoms with Crippen molar-refractivity contribution in [2.75, 3.05) is 6.67 Å². The van der Waals surface area contributed by atoms with Gasteiger partial charge in [-0.1, -0.05) is 18.2 Å². The minimum absolute atomic E-state index is 0.146. The molecule has 0 fully saturated rings. The highest BCUT2D eigenvalue weighted by atomic mass is 32.2. The molecule has 1 rings (SSSR count). The van der Waals surface area contributed by atoms with Gasteiger partial charge in [0.2, 0.25) is 0 Å². The van der Waals surface area contributed by atoms with Crippen LogP contribution in [0.4, 0.5) is 8.78 Å². The average molecular weight is 319 g/mol. The van der Waals surface area contributed by atoms with Crippen LogP contribution in [0.1, 0.15) is 32.8 Å². The van der Waals surface area contributed by atoms with Gasteiger partial charge in [-0.15, -0.1) is 4.72 Å². The minimum Gasteiger partial charge on any atom is -0.598 e. The van der Waals surface area contributed by atoms with E-state index in [4.69, 9.17) is 5.11 Å². The number of alkyl halides is 1. The van der Waals surface area contributed by atoms with Crippen molar-refractivity contribution in [3.05, 3.63) is 35.6 Å². The van der Waals surface area contributed by atoms with Gasteiger partial charge in [-0.2, -0.15) is 0 Å². The van der Waals surface area contributed by atoms with Gasteiger partial charge < -0.3 is 9.66 Å². The molecule has 0 radical (unpaired) electrons. The lowest BCUT2D eigenvalue weighted by molar-refractivity contribution is -0.138. The van der Waals surface area contributed by atoms with Crippen LogP contribution in [0.15, 0.2) is 24.3 Å². The second-order valence-corrected chi connectivity index (χ2v) is 7.72. The molecule has 0 aliphatic carbocycles. The van der Waals surface area contributed by atoms with Crippen molar-refractivity contribution < 1.29 is 23.2 Å². The zero-order chi connectivity index (χ0) is 16.3. The van der Waals surface area contributed by atoms with Crippen molar-refractivity contribution in [1.29, 1.82) is 0 Å². The van der Waals surface area contributed by atoms with Crippen molar-refractivity contribution in [3.63, 3.8) is 0 Å². The summed E-state index contributed by atoms with van der Waals surface area (Å²) in [5.41, 5.74) is -2.01. The van der Waals surface area contributed by atoms with Gasteiger partial charge in [-0.25, -0.2) is 8.78 Å². The van der Waals surface area contributed by atoms with Crippen molar-refractivity contribution in [1.82, 2.24) is 4.72 Å². The highest BCUT2D eigenvalue weighted by molar-refractivity contribution is 7.90. The maximum atomic E-state index is 14.0. The third-order valence-corrected chi connectivity index (χ3v) is 4.60. The second kappa shape index (κ2) is 6.72. The summed E-state index contributed by atoms with van der Waals surface area (Å²) < 4.78 is 41.6. The van der Waals surface area contributed by atoms with E-state index in [0.717, 1.165) is 6.07 Å². The third kappa shape index (κ3) is 4.39. The number of benzene rings is 1. The Morgan fingerprint density at radius 1 is 1.38 bits per heavy atom. The lowest BCUT2D eigenvalue weighted by atomic mass is 9.88. The van der Waals surface area contributed by atoms with Gasteiger partial charge in [-0.05, 0) is 26.8 Å². The Morgan fingerprint density at radius 2 is 1.95 bits per heavy atom. The van der Waals surface area contributed by atoms with E-state index in [-0.39, 0.29) is 5.56 Å². The predicted molar refractivity (Wildman–Crippen MR) is 77.3 cm³/mol.